The molecule has 1 aliphatic carbocycles. The van der Waals surface area contributed by atoms with E-state index in [2.05, 4.69) is 23.8 Å². The van der Waals surface area contributed by atoms with E-state index < -0.39 is 21.4 Å². The minimum atomic E-state index is -3.55. The van der Waals surface area contributed by atoms with Crippen LogP contribution in [0, 0.1) is 6.92 Å². The molecule has 1 heterocycles. The van der Waals surface area contributed by atoms with E-state index in [0.29, 0.717) is 6.54 Å². The zero-order chi connectivity index (χ0) is 15.1. The molecule has 3 rings (SSSR count). The summed E-state index contributed by atoms with van der Waals surface area (Å²) in [7, 11) is -3.55. The first kappa shape index (κ1) is 15.0. The molecule has 6 heteroatoms. The number of ether oxygens (including phenoxy) is 1. The summed E-state index contributed by atoms with van der Waals surface area (Å²) in [6.45, 7) is 2.60. The van der Waals surface area contributed by atoms with E-state index in [1.54, 1.807) is 0 Å². The first-order chi connectivity index (χ1) is 9.95. The second-order valence-corrected chi connectivity index (χ2v) is 8.09. The number of rotatable bonds is 5. The van der Waals surface area contributed by atoms with Gasteiger partial charge in [-0.05, 0) is 30.9 Å². The highest BCUT2D eigenvalue weighted by molar-refractivity contribution is 7.90. The van der Waals surface area contributed by atoms with Crippen molar-refractivity contribution in [1.82, 2.24) is 4.72 Å². The van der Waals surface area contributed by atoms with Crippen molar-refractivity contribution >= 4 is 10.0 Å². The number of aliphatic hydroxyl groups is 1. The van der Waals surface area contributed by atoms with Crippen molar-refractivity contribution in [3.63, 3.8) is 0 Å². The standard InChI is InChI=1S/C15H21NO4S/c1-11-4-2-3-5-12(11)15(6-7-15)10-16-21(18,19)14-9-20-8-13(14)17/h2-5,13-14,16-17H,6-10H2,1H3/t13-,14-/m1/s1. The molecule has 1 aromatic carbocycles. The molecule has 2 fully saturated rings. The summed E-state index contributed by atoms with van der Waals surface area (Å²) >= 11 is 0. The number of aryl methyl sites for hydroxylation is 1. The third-order valence-electron chi connectivity index (χ3n) is 4.58. The summed E-state index contributed by atoms with van der Waals surface area (Å²) in [4.78, 5) is 0. The lowest BCUT2D eigenvalue weighted by Crippen LogP contribution is -2.43. The fourth-order valence-electron chi connectivity index (χ4n) is 3.03. The summed E-state index contributed by atoms with van der Waals surface area (Å²) < 4.78 is 32.3. The minimum Gasteiger partial charge on any atom is -0.389 e. The van der Waals surface area contributed by atoms with Crippen molar-refractivity contribution in [2.45, 2.75) is 36.5 Å². The van der Waals surface area contributed by atoms with Gasteiger partial charge in [0.15, 0.2) is 0 Å². The Kier molecular flexibility index (Phi) is 3.81. The summed E-state index contributed by atoms with van der Waals surface area (Å²) in [5.41, 5.74) is 2.33. The zero-order valence-corrected chi connectivity index (χ0v) is 12.9. The lowest BCUT2D eigenvalue weighted by Gasteiger charge is -2.21. The molecular formula is C15H21NO4S. The molecule has 0 amide bonds. The fraction of sp³-hybridized carbons (Fsp3) is 0.600. The Labute approximate surface area is 125 Å². The number of hydrogen-bond acceptors (Lipinski definition) is 4. The van der Waals surface area contributed by atoms with Gasteiger partial charge < -0.3 is 9.84 Å². The first-order valence-corrected chi connectivity index (χ1v) is 8.80. The second-order valence-electron chi connectivity index (χ2n) is 6.10. The maximum atomic E-state index is 12.3. The monoisotopic (exact) mass is 311 g/mol. The van der Waals surface area contributed by atoms with E-state index in [1.165, 1.54) is 11.1 Å². The molecular weight excluding hydrogens is 290 g/mol. The number of hydrogen-bond donors (Lipinski definition) is 2. The van der Waals surface area contributed by atoms with Crippen molar-refractivity contribution in [2.75, 3.05) is 19.8 Å². The van der Waals surface area contributed by atoms with Crippen LogP contribution in [-0.4, -0.2) is 44.6 Å². The molecule has 21 heavy (non-hydrogen) atoms. The number of benzene rings is 1. The topological polar surface area (TPSA) is 75.6 Å². The molecule has 2 aliphatic rings. The van der Waals surface area contributed by atoms with Crippen molar-refractivity contribution in [3.05, 3.63) is 35.4 Å². The number of nitrogens with one attached hydrogen (secondary N) is 1. The van der Waals surface area contributed by atoms with Gasteiger partial charge in [0, 0.05) is 12.0 Å². The third-order valence-corrected chi connectivity index (χ3v) is 6.37. The molecule has 1 aromatic rings. The predicted octanol–water partition coefficient (Wildman–Crippen LogP) is 0.706. The van der Waals surface area contributed by atoms with Gasteiger partial charge in [-0.2, -0.15) is 0 Å². The van der Waals surface area contributed by atoms with E-state index in [0.717, 1.165) is 12.8 Å². The minimum absolute atomic E-state index is 0.0634. The van der Waals surface area contributed by atoms with E-state index in [9.17, 15) is 13.5 Å². The number of aliphatic hydroxyl groups excluding tert-OH is 1. The summed E-state index contributed by atoms with van der Waals surface area (Å²) in [5, 5.41) is 8.83. The maximum absolute atomic E-state index is 12.3. The number of sulfonamides is 1. The molecule has 0 aromatic heterocycles. The van der Waals surface area contributed by atoms with Gasteiger partial charge in [-0.15, -0.1) is 0 Å². The molecule has 1 aliphatic heterocycles. The SMILES string of the molecule is Cc1ccccc1C1(CNS(=O)(=O)[C@@H]2COC[C@H]2O)CC1. The largest absolute Gasteiger partial charge is 0.389 e. The van der Waals surface area contributed by atoms with Crippen molar-refractivity contribution in [1.29, 1.82) is 0 Å². The van der Waals surface area contributed by atoms with Gasteiger partial charge in [0.1, 0.15) is 5.25 Å². The Hall–Kier alpha value is -0.950. The predicted molar refractivity (Wildman–Crippen MR) is 79.6 cm³/mol. The van der Waals surface area contributed by atoms with Crippen LogP contribution in [0.25, 0.3) is 0 Å². The van der Waals surface area contributed by atoms with Crippen molar-refractivity contribution in [3.8, 4) is 0 Å². The van der Waals surface area contributed by atoms with E-state index in [4.69, 9.17) is 4.74 Å². The van der Waals surface area contributed by atoms with Crippen LogP contribution in [0.5, 0.6) is 0 Å². The molecule has 0 unspecified atom stereocenters. The Bertz CT molecular complexity index is 624. The van der Waals surface area contributed by atoms with Crippen LogP contribution in [0.3, 0.4) is 0 Å². The maximum Gasteiger partial charge on any atom is 0.219 e. The van der Waals surface area contributed by atoms with Crippen molar-refractivity contribution in [2.24, 2.45) is 0 Å². The van der Waals surface area contributed by atoms with Crippen LogP contribution in [0.1, 0.15) is 24.0 Å². The van der Waals surface area contributed by atoms with Crippen LogP contribution >= 0.6 is 0 Å². The van der Waals surface area contributed by atoms with Crippen LogP contribution < -0.4 is 4.72 Å². The normalized spacial score (nSPS) is 27.7. The van der Waals surface area contributed by atoms with Gasteiger partial charge in [0.2, 0.25) is 10.0 Å². The van der Waals surface area contributed by atoms with E-state index in [1.807, 2.05) is 12.1 Å². The molecule has 116 valence electrons. The fourth-order valence-corrected chi connectivity index (χ4v) is 4.48. The molecule has 1 saturated heterocycles. The quantitative estimate of drug-likeness (QED) is 0.839. The molecule has 0 radical (unpaired) electrons. The Balaban J connectivity index is 1.72. The van der Waals surface area contributed by atoms with Crippen LogP contribution in [0.4, 0.5) is 0 Å². The summed E-state index contributed by atoms with van der Waals surface area (Å²) in [6, 6.07) is 8.11. The summed E-state index contributed by atoms with van der Waals surface area (Å²) in [6.07, 6.45) is 1.05. The van der Waals surface area contributed by atoms with Crippen LogP contribution in [0.15, 0.2) is 24.3 Å². The van der Waals surface area contributed by atoms with Crippen LogP contribution in [0.2, 0.25) is 0 Å². The summed E-state index contributed by atoms with van der Waals surface area (Å²) in [5.74, 6) is 0. The third kappa shape index (κ3) is 2.85. The molecule has 0 bridgehead atoms. The molecule has 5 nitrogen and oxygen atoms in total. The van der Waals surface area contributed by atoms with Crippen molar-refractivity contribution < 1.29 is 18.3 Å². The van der Waals surface area contributed by atoms with E-state index in [-0.39, 0.29) is 18.6 Å². The highest BCUT2D eigenvalue weighted by Gasteiger charge is 2.47. The van der Waals surface area contributed by atoms with Gasteiger partial charge in [-0.25, -0.2) is 13.1 Å². The molecule has 2 N–H and O–H groups in total. The molecule has 0 spiro atoms. The first-order valence-electron chi connectivity index (χ1n) is 7.25. The van der Waals surface area contributed by atoms with Gasteiger partial charge in [0.05, 0.1) is 19.3 Å². The lowest BCUT2D eigenvalue weighted by molar-refractivity contribution is 0.127. The molecule has 2 atom stereocenters. The van der Waals surface area contributed by atoms with Gasteiger partial charge in [-0.1, -0.05) is 24.3 Å². The lowest BCUT2D eigenvalue weighted by atomic mass is 9.92. The Morgan fingerprint density at radius 3 is 2.62 bits per heavy atom. The van der Waals surface area contributed by atoms with Gasteiger partial charge in [-0.3, -0.25) is 0 Å². The highest BCUT2D eigenvalue weighted by Crippen LogP contribution is 2.48. The molecule has 1 saturated carbocycles. The second kappa shape index (κ2) is 5.35. The average Bonchev–Trinajstić information content (AvgIpc) is 3.11. The van der Waals surface area contributed by atoms with Crippen LogP contribution in [-0.2, 0) is 20.2 Å². The average molecular weight is 311 g/mol. The van der Waals surface area contributed by atoms with E-state index >= 15 is 0 Å². The van der Waals surface area contributed by atoms with Gasteiger partial charge in [0.25, 0.3) is 0 Å². The van der Waals surface area contributed by atoms with Gasteiger partial charge >= 0.3 is 0 Å². The highest BCUT2D eigenvalue weighted by atomic mass is 32.2. The Morgan fingerprint density at radius 1 is 1.33 bits per heavy atom. The Morgan fingerprint density at radius 2 is 2.05 bits per heavy atom. The smallest absolute Gasteiger partial charge is 0.219 e. The zero-order valence-electron chi connectivity index (χ0n) is 12.1.